The third-order valence-corrected chi connectivity index (χ3v) is 2.56. The summed E-state index contributed by atoms with van der Waals surface area (Å²) in [6.07, 6.45) is 6.45. The summed E-state index contributed by atoms with van der Waals surface area (Å²) < 4.78 is 5.54. The van der Waals surface area contributed by atoms with Gasteiger partial charge in [0.15, 0.2) is 0 Å². The molecule has 1 unspecified atom stereocenters. The normalized spacial score (nSPS) is 21.1. The zero-order chi connectivity index (χ0) is 9.80. The average Bonchev–Trinajstić information content (AvgIpc) is 2.69. The van der Waals surface area contributed by atoms with Gasteiger partial charge in [0.2, 0.25) is 0 Å². The lowest BCUT2D eigenvalue weighted by Crippen LogP contribution is -2.18. The van der Waals surface area contributed by atoms with E-state index >= 15 is 0 Å². The molecule has 0 amide bonds. The second-order valence-corrected chi connectivity index (χ2v) is 3.71. The number of aryl methyl sites for hydroxylation is 1. The Hall–Kier alpha value is -1.09. The van der Waals surface area contributed by atoms with Crippen LogP contribution in [-0.2, 0) is 4.74 Å². The standard InChI is InChI=1S/C11H16N2O/c1-9-7-12-5-4-11(9)13-8-10-3-2-6-14-10/h4-5,7,10H,2-3,6,8H2,1H3,(H,12,13). The smallest absolute Gasteiger partial charge is 0.0748 e. The van der Waals surface area contributed by atoms with E-state index < -0.39 is 0 Å². The molecule has 1 aromatic heterocycles. The van der Waals surface area contributed by atoms with Gasteiger partial charge in [-0.1, -0.05) is 0 Å². The summed E-state index contributed by atoms with van der Waals surface area (Å²) in [5.41, 5.74) is 2.35. The Kier molecular flexibility index (Phi) is 2.99. The van der Waals surface area contributed by atoms with Crippen molar-refractivity contribution in [3.05, 3.63) is 24.0 Å². The molecule has 1 saturated heterocycles. The van der Waals surface area contributed by atoms with Gasteiger partial charge in [-0.2, -0.15) is 0 Å². The molecule has 0 radical (unpaired) electrons. The molecule has 76 valence electrons. The molecule has 0 bridgehead atoms. The van der Waals surface area contributed by atoms with Crippen molar-refractivity contribution in [2.75, 3.05) is 18.5 Å². The molecule has 1 aromatic rings. The Balaban J connectivity index is 1.88. The first kappa shape index (κ1) is 9.46. The zero-order valence-electron chi connectivity index (χ0n) is 8.49. The SMILES string of the molecule is Cc1cnccc1NCC1CCCO1. The van der Waals surface area contributed by atoms with Crippen LogP contribution >= 0.6 is 0 Å². The molecule has 2 heterocycles. The molecule has 1 aliphatic rings. The van der Waals surface area contributed by atoms with Gasteiger partial charge in [0.05, 0.1) is 6.10 Å². The molecule has 0 aliphatic carbocycles. The number of hydrogen-bond donors (Lipinski definition) is 1. The lowest BCUT2D eigenvalue weighted by atomic mass is 10.2. The van der Waals surface area contributed by atoms with Crippen LogP contribution in [0.1, 0.15) is 18.4 Å². The maximum Gasteiger partial charge on any atom is 0.0748 e. The topological polar surface area (TPSA) is 34.2 Å². The van der Waals surface area contributed by atoms with Crippen LogP contribution in [0.15, 0.2) is 18.5 Å². The van der Waals surface area contributed by atoms with Gasteiger partial charge in [-0.15, -0.1) is 0 Å². The molecular weight excluding hydrogens is 176 g/mol. The summed E-state index contributed by atoms with van der Waals surface area (Å²) in [5.74, 6) is 0. The zero-order valence-corrected chi connectivity index (χ0v) is 8.49. The summed E-state index contributed by atoms with van der Waals surface area (Å²) in [4.78, 5) is 4.05. The van der Waals surface area contributed by atoms with Crippen LogP contribution < -0.4 is 5.32 Å². The number of aromatic nitrogens is 1. The lowest BCUT2D eigenvalue weighted by Gasteiger charge is -2.13. The van der Waals surface area contributed by atoms with Gasteiger partial charge in [-0.05, 0) is 31.4 Å². The quantitative estimate of drug-likeness (QED) is 0.795. The number of hydrogen-bond acceptors (Lipinski definition) is 3. The Bertz CT molecular complexity index is 295. The van der Waals surface area contributed by atoms with Crippen molar-refractivity contribution in [2.24, 2.45) is 0 Å². The van der Waals surface area contributed by atoms with Crippen molar-refractivity contribution in [3.8, 4) is 0 Å². The number of rotatable bonds is 3. The summed E-state index contributed by atoms with van der Waals surface area (Å²) in [6, 6.07) is 2.00. The summed E-state index contributed by atoms with van der Waals surface area (Å²) >= 11 is 0. The van der Waals surface area contributed by atoms with Crippen molar-refractivity contribution in [1.29, 1.82) is 0 Å². The van der Waals surface area contributed by atoms with Gasteiger partial charge in [0, 0.05) is 31.2 Å². The van der Waals surface area contributed by atoms with Crippen LogP contribution in [0.2, 0.25) is 0 Å². The highest BCUT2D eigenvalue weighted by molar-refractivity contribution is 5.48. The Morgan fingerprint density at radius 2 is 2.57 bits per heavy atom. The van der Waals surface area contributed by atoms with Crippen molar-refractivity contribution >= 4 is 5.69 Å². The molecule has 1 fully saturated rings. The third-order valence-electron chi connectivity index (χ3n) is 2.56. The van der Waals surface area contributed by atoms with Crippen molar-refractivity contribution in [1.82, 2.24) is 4.98 Å². The van der Waals surface area contributed by atoms with Crippen molar-refractivity contribution in [3.63, 3.8) is 0 Å². The van der Waals surface area contributed by atoms with E-state index in [9.17, 15) is 0 Å². The number of pyridine rings is 1. The summed E-state index contributed by atoms with van der Waals surface area (Å²) in [5, 5.41) is 3.39. The molecule has 0 spiro atoms. The van der Waals surface area contributed by atoms with Gasteiger partial charge >= 0.3 is 0 Å². The molecule has 1 aliphatic heterocycles. The minimum absolute atomic E-state index is 0.391. The largest absolute Gasteiger partial charge is 0.382 e. The maximum absolute atomic E-state index is 5.54. The summed E-state index contributed by atoms with van der Waals surface area (Å²) in [7, 11) is 0. The molecular formula is C11H16N2O. The number of nitrogens with zero attached hydrogens (tertiary/aromatic N) is 1. The number of ether oxygens (including phenoxy) is 1. The fourth-order valence-electron chi connectivity index (χ4n) is 1.70. The molecule has 14 heavy (non-hydrogen) atoms. The van der Waals surface area contributed by atoms with Gasteiger partial charge in [0.1, 0.15) is 0 Å². The fourth-order valence-corrected chi connectivity index (χ4v) is 1.70. The van der Waals surface area contributed by atoms with E-state index in [-0.39, 0.29) is 0 Å². The monoisotopic (exact) mass is 192 g/mol. The Morgan fingerprint density at radius 1 is 1.64 bits per heavy atom. The highest BCUT2D eigenvalue weighted by Gasteiger charge is 2.14. The highest BCUT2D eigenvalue weighted by Crippen LogP contribution is 2.15. The van der Waals surface area contributed by atoms with Gasteiger partial charge < -0.3 is 10.1 Å². The van der Waals surface area contributed by atoms with E-state index in [4.69, 9.17) is 4.74 Å². The lowest BCUT2D eigenvalue weighted by molar-refractivity contribution is 0.120. The van der Waals surface area contributed by atoms with E-state index in [1.165, 1.54) is 18.4 Å². The van der Waals surface area contributed by atoms with E-state index in [1.54, 1.807) is 0 Å². The van der Waals surface area contributed by atoms with Gasteiger partial charge in [-0.25, -0.2) is 0 Å². The molecule has 2 rings (SSSR count). The Labute approximate surface area is 84.5 Å². The van der Waals surface area contributed by atoms with E-state index in [2.05, 4.69) is 17.2 Å². The predicted octanol–water partition coefficient (Wildman–Crippen LogP) is 1.98. The number of anilines is 1. The summed E-state index contributed by atoms with van der Waals surface area (Å²) in [6.45, 7) is 3.89. The molecule has 0 aromatic carbocycles. The van der Waals surface area contributed by atoms with Gasteiger partial charge in [0.25, 0.3) is 0 Å². The average molecular weight is 192 g/mol. The highest BCUT2D eigenvalue weighted by atomic mass is 16.5. The minimum Gasteiger partial charge on any atom is -0.382 e. The molecule has 0 saturated carbocycles. The first-order valence-corrected chi connectivity index (χ1v) is 5.12. The van der Waals surface area contributed by atoms with E-state index in [1.807, 2.05) is 18.5 Å². The second kappa shape index (κ2) is 4.42. The maximum atomic E-state index is 5.54. The first-order chi connectivity index (χ1) is 6.86. The number of nitrogens with one attached hydrogen (secondary N) is 1. The first-order valence-electron chi connectivity index (χ1n) is 5.12. The van der Waals surface area contributed by atoms with Crippen LogP contribution in [0.25, 0.3) is 0 Å². The molecule has 3 heteroatoms. The molecule has 1 atom stereocenters. The van der Waals surface area contributed by atoms with Crippen LogP contribution in [0.4, 0.5) is 5.69 Å². The van der Waals surface area contributed by atoms with Gasteiger partial charge in [-0.3, -0.25) is 4.98 Å². The fraction of sp³-hybridized carbons (Fsp3) is 0.545. The van der Waals surface area contributed by atoms with E-state index in [0.717, 1.165) is 18.8 Å². The predicted molar refractivity (Wildman–Crippen MR) is 56.4 cm³/mol. The van der Waals surface area contributed by atoms with Crippen LogP contribution in [0, 0.1) is 6.92 Å². The third kappa shape index (κ3) is 2.23. The second-order valence-electron chi connectivity index (χ2n) is 3.71. The van der Waals surface area contributed by atoms with E-state index in [0.29, 0.717) is 6.10 Å². The van der Waals surface area contributed by atoms with Crippen molar-refractivity contribution in [2.45, 2.75) is 25.9 Å². The Morgan fingerprint density at radius 3 is 3.29 bits per heavy atom. The minimum atomic E-state index is 0.391. The van der Waals surface area contributed by atoms with Crippen molar-refractivity contribution < 1.29 is 4.74 Å². The van der Waals surface area contributed by atoms with Crippen LogP contribution in [0.3, 0.4) is 0 Å². The van der Waals surface area contributed by atoms with Crippen LogP contribution in [-0.4, -0.2) is 24.2 Å². The molecule has 1 N–H and O–H groups in total. The molecule has 3 nitrogen and oxygen atoms in total. The van der Waals surface area contributed by atoms with Crippen LogP contribution in [0.5, 0.6) is 0 Å².